The molecule has 1 fully saturated rings. The summed E-state index contributed by atoms with van der Waals surface area (Å²) in [5, 5.41) is 1.24. The molecule has 0 radical (unpaired) electrons. The molecule has 4 rings (SSSR count). The molecule has 35 heavy (non-hydrogen) atoms. The fourth-order valence-electron chi connectivity index (χ4n) is 3.36. The van der Waals surface area contributed by atoms with E-state index in [1.165, 1.54) is 11.8 Å². The minimum atomic E-state index is -0.136. The smallest absolute Gasteiger partial charge is 0.267 e. The minimum Gasteiger partial charge on any atom is -0.493 e. The predicted molar refractivity (Wildman–Crippen MR) is 142 cm³/mol. The Balaban J connectivity index is 1.56. The van der Waals surface area contributed by atoms with Crippen LogP contribution in [0.4, 0.5) is 5.82 Å². The van der Waals surface area contributed by atoms with Gasteiger partial charge in [-0.05, 0) is 72.3 Å². The molecule has 1 saturated heterocycles. The van der Waals surface area contributed by atoms with Crippen LogP contribution in [-0.2, 0) is 11.4 Å². The number of carbonyl (C=O) groups is 1. The second-order valence-corrected chi connectivity index (χ2v) is 9.12. The van der Waals surface area contributed by atoms with Gasteiger partial charge in [0.25, 0.3) is 5.91 Å². The van der Waals surface area contributed by atoms with E-state index in [9.17, 15) is 4.79 Å². The molecule has 2 aromatic carbocycles. The number of halogens is 1. The number of rotatable bonds is 8. The van der Waals surface area contributed by atoms with Crippen LogP contribution in [0.2, 0.25) is 5.02 Å². The number of amidine groups is 1. The molecule has 0 atom stereocenters. The van der Waals surface area contributed by atoms with Crippen LogP contribution in [0.25, 0.3) is 6.08 Å². The first kappa shape index (κ1) is 24.6. The van der Waals surface area contributed by atoms with Crippen molar-refractivity contribution < 1.29 is 14.3 Å². The molecule has 1 aromatic heterocycles. The molecule has 3 aromatic rings. The van der Waals surface area contributed by atoms with Gasteiger partial charge in [-0.1, -0.05) is 41.9 Å². The zero-order chi connectivity index (χ0) is 24.8. The number of aliphatic imine (C=N–C) groups is 1. The number of carbonyl (C=O) groups excluding carboxylic acids is 1. The van der Waals surface area contributed by atoms with Gasteiger partial charge < -0.3 is 9.47 Å². The Morgan fingerprint density at radius 1 is 1.14 bits per heavy atom. The summed E-state index contributed by atoms with van der Waals surface area (Å²) in [6, 6.07) is 18.6. The molecule has 1 aliphatic heterocycles. The van der Waals surface area contributed by atoms with Crippen molar-refractivity contribution >= 4 is 46.3 Å². The Kier molecular flexibility index (Phi) is 7.90. The maximum Gasteiger partial charge on any atom is 0.267 e. The second-order valence-electron chi connectivity index (χ2n) is 7.67. The number of nitrogens with zero attached hydrogens (tertiary/aromatic N) is 3. The van der Waals surface area contributed by atoms with E-state index in [0.29, 0.717) is 45.6 Å². The number of thioether (sulfide) groups is 1. The van der Waals surface area contributed by atoms with Crippen molar-refractivity contribution in [1.29, 1.82) is 0 Å². The van der Waals surface area contributed by atoms with Crippen molar-refractivity contribution in [2.24, 2.45) is 4.99 Å². The molecule has 0 unspecified atom stereocenters. The third-order valence-corrected chi connectivity index (χ3v) is 6.34. The summed E-state index contributed by atoms with van der Waals surface area (Å²) >= 11 is 7.25. The van der Waals surface area contributed by atoms with Crippen LogP contribution in [-0.4, -0.2) is 34.6 Å². The predicted octanol–water partition coefficient (Wildman–Crippen LogP) is 6.42. The molecule has 0 saturated carbocycles. The van der Waals surface area contributed by atoms with E-state index in [1.54, 1.807) is 18.1 Å². The summed E-state index contributed by atoms with van der Waals surface area (Å²) in [7, 11) is 1.59. The minimum absolute atomic E-state index is 0.136. The number of benzene rings is 2. The first-order valence-corrected chi connectivity index (χ1v) is 12.1. The average molecular weight is 506 g/mol. The zero-order valence-electron chi connectivity index (χ0n) is 19.4. The van der Waals surface area contributed by atoms with E-state index in [1.807, 2.05) is 73.7 Å². The summed E-state index contributed by atoms with van der Waals surface area (Å²) in [6.45, 7) is 6.41. The highest BCUT2D eigenvalue weighted by molar-refractivity contribution is 8.18. The number of pyridine rings is 1. The van der Waals surface area contributed by atoms with Gasteiger partial charge in [0.1, 0.15) is 6.61 Å². The summed E-state index contributed by atoms with van der Waals surface area (Å²) in [6.07, 6.45) is 3.50. The number of ether oxygens (including phenoxy) is 2. The zero-order valence-corrected chi connectivity index (χ0v) is 21.0. The number of aryl methyl sites for hydroxylation is 1. The summed E-state index contributed by atoms with van der Waals surface area (Å²) in [5.41, 5.74) is 2.66. The van der Waals surface area contributed by atoms with Gasteiger partial charge in [0, 0.05) is 17.3 Å². The first-order chi connectivity index (χ1) is 17.0. The van der Waals surface area contributed by atoms with Crippen LogP contribution in [0.3, 0.4) is 0 Å². The van der Waals surface area contributed by atoms with Gasteiger partial charge in [-0.25, -0.2) is 9.98 Å². The van der Waals surface area contributed by atoms with Gasteiger partial charge in [-0.3, -0.25) is 9.69 Å². The molecule has 0 N–H and O–H groups in total. The van der Waals surface area contributed by atoms with Crippen molar-refractivity contribution in [3.05, 3.63) is 100 Å². The quantitative estimate of drug-likeness (QED) is 0.261. The lowest BCUT2D eigenvalue weighted by molar-refractivity contribution is -0.121. The van der Waals surface area contributed by atoms with E-state index >= 15 is 0 Å². The number of hydrogen-bond acceptors (Lipinski definition) is 6. The fourth-order valence-corrected chi connectivity index (χ4v) is 4.48. The maximum absolute atomic E-state index is 13.1. The Hall–Kier alpha value is -3.55. The van der Waals surface area contributed by atoms with Gasteiger partial charge in [0.05, 0.1) is 12.0 Å². The Labute approximate surface area is 213 Å². The van der Waals surface area contributed by atoms with E-state index in [-0.39, 0.29) is 5.91 Å². The standard InChI is InChI=1S/C27H24ClN3O3S/c1-4-14-31-26(32)24(35-27(31)30-25-7-5-6-18(2)29-25)16-20-10-13-22(23(15-20)33-3)34-17-19-8-11-21(28)12-9-19/h4-13,15-16H,1,14,17H2,2-3H3/b24-16-,30-27+. The lowest BCUT2D eigenvalue weighted by atomic mass is 10.1. The number of methoxy groups -OCH3 is 1. The van der Waals surface area contributed by atoms with Crippen molar-refractivity contribution in [3.63, 3.8) is 0 Å². The molecule has 0 spiro atoms. The SMILES string of the molecule is C=CCN1C(=O)/C(=C/c2ccc(OCc3ccc(Cl)cc3)c(OC)c2)S/C1=N/c1cccc(C)n1. The largest absolute Gasteiger partial charge is 0.493 e. The number of hydrogen-bond donors (Lipinski definition) is 0. The number of aromatic nitrogens is 1. The van der Waals surface area contributed by atoms with Crippen LogP contribution >= 0.6 is 23.4 Å². The molecule has 6 nitrogen and oxygen atoms in total. The molecular weight excluding hydrogens is 482 g/mol. The van der Waals surface area contributed by atoms with E-state index in [0.717, 1.165) is 16.8 Å². The monoisotopic (exact) mass is 505 g/mol. The average Bonchev–Trinajstić information content (AvgIpc) is 3.13. The Bertz CT molecular complexity index is 1310. The molecule has 8 heteroatoms. The summed E-state index contributed by atoms with van der Waals surface area (Å²) in [4.78, 5) is 24.3. The lowest BCUT2D eigenvalue weighted by Gasteiger charge is -2.12. The molecule has 0 bridgehead atoms. The Morgan fingerprint density at radius 2 is 1.94 bits per heavy atom. The topological polar surface area (TPSA) is 64.0 Å². The summed E-state index contributed by atoms with van der Waals surface area (Å²) in [5.74, 6) is 1.60. The highest BCUT2D eigenvalue weighted by Gasteiger charge is 2.32. The van der Waals surface area contributed by atoms with Crippen LogP contribution in [0.15, 0.2) is 83.2 Å². The molecule has 1 amide bonds. The van der Waals surface area contributed by atoms with Gasteiger partial charge in [-0.15, -0.1) is 6.58 Å². The molecule has 178 valence electrons. The van der Waals surface area contributed by atoms with E-state index in [2.05, 4.69) is 16.6 Å². The molecular formula is C27H24ClN3O3S. The number of amides is 1. The molecule has 1 aliphatic rings. The van der Waals surface area contributed by atoms with Crippen molar-refractivity contribution in [1.82, 2.24) is 9.88 Å². The van der Waals surface area contributed by atoms with Crippen LogP contribution in [0, 0.1) is 6.92 Å². The van der Waals surface area contributed by atoms with E-state index in [4.69, 9.17) is 21.1 Å². The highest BCUT2D eigenvalue weighted by atomic mass is 35.5. The molecule has 0 aliphatic carbocycles. The van der Waals surface area contributed by atoms with Gasteiger partial charge in [0.2, 0.25) is 0 Å². The normalized spacial score (nSPS) is 15.6. The maximum atomic E-state index is 13.1. The highest BCUT2D eigenvalue weighted by Crippen LogP contribution is 2.36. The first-order valence-electron chi connectivity index (χ1n) is 10.9. The van der Waals surface area contributed by atoms with E-state index < -0.39 is 0 Å². The Morgan fingerprint density at radius 3 is 2.66 bits per heavy atom. The van der Waals surface area contributed by atoms with Crippen molar-refractivity contribution in [3.8, 4) is 11.5 Å². The van der Waals surface area contributed by atoms with Crippen molar-refractivity contribution in [2.45, 2.75) is 13.5 Å². The van der Waals surface area contributed by atoms with Crippen LogP contribution in [0.5, 0.6) is 11.5 Å². The molecule has 2 heterocycles. The van der Waals surface area contributed by atoms with Crippen molar-refractivity contribution in [2.75, 3.05) is 13.7 Å². The third kappa shape index (κ3) is 6.12. The summed E-state index contributed by atoms with van der Waals surface area (Å²) < 4.78 is 11.5. The fraction of sp³-hybridized carbons (Fsp3) is 0.148. The second kappa shape index (κ2) is 11.3. The van der Waals surface area contributed by atoms with Gasteiger partial charge in [-0.2, -0.15) is 0 Å². The lowest BCUT2D eigenvalue weighted by Crippen LogP contribution is -2.29. The van der Waals surface area contributed by atoms with Crippen LogP contribution < -0.4 is 9.47 Å². The van der Waals surface area contributed by atoms with Gasteiger partial charge >= 0.3 is 0 Å². The van der Waals surface area contributed by atoms with Crippen LogP contribution in [0.1, 0.15) is 16.8 Å². The van der Waals surface area contributed by atoms with Gasteiger partial charge in [0.15, 0.2) is 22.5 Å². The third-order valence-electron chi connectivity index (χ3n) is 5.08.